The van der Waals surface area contributed by atoms with E-state index in [0.29, 0.717) is 12.5 Å². The van der Waals surface area contributed by atoms with Crippen molar-refractivity contribution in [1.29, 1.82) is 0 Å². The fourth-order valence-electron chi connectivity index (χ4n) is 3.70. The van der Waals surface area contributed by atoms with Crippen molar-refractivity contribution in [2.45, 2.75) is 32.0 Å². The molecule has 2 heterocycles. The summed E-state index contributed by atoms with van der Waals surface area (Å²) in [4.78, 5) is 4.60. The third kappa shape index (κ3) is 5.96. The molecule has 5 heteroatoms. The Morgan fingerprint density at radius 3 is 2.64 bits per heavy atom. The van der Waals surface area contributed by atoms with Crippen molar-refractivity contribution in [2.24, 2.45) is 5.92 Å². The molecule has 3 rings (SSSR count). The lowest BCUT2D eigenvalue weighted by atomic mass is 9.96. The number of nitrogens with zero attached hydrogens (tertiary/aromatic N) is 4. The summed E-state index contributed by atoms with van der Waals surface area (Å²) >= 11 is 0. The lowest BCUT2D eigenvalue weighted by Gasteiger charge is -2.33. The predicted molar refractivity (Wildman–Crippen MR) is 100 cm³/mol. The van der Waals surface area contributed by atoms with Crippen LogP contribution in [0.3, 0.4) is 0 Å². The molecule has 0 aliphatic carbocycles. The van der Waals surface area contributed by atoms with Crippen LogP contribution < -0.4 is 0 Å². The number of β-amino-alcohol motifs (C(OH)–C–C–N with tert-alkyl or cyclic N) is 1. The Morgan fingerprint density at radius 1 is 1.20 bits per heavy atom. The Bertz CT molecular complexity index is 593. The minimum atomic E-state index is -0.295. The number of benzene rings is 1. The summed E-state index contributed by atoms with van der Waals surface area (Å²) in [6, 6.07) is 12.4. The number of likely N-dealkylation sites (tertiary alicyclic amines) is 1. The van der Waals surface area contributed by atoms with Crippen LogP contribution in [0, 0.1) is 5.92 Å². The minimum Gasteiger partial charge on any atom is -0.390 e. The molecule has 0 amide bonds. The van der Waals surface area contributed by atoms with E-state index in [2.05, 4.69) is 46.2 Å². The molecule has 2 aromatic rings. The van der Waals surface area contributed by atoms with Crippen molar-refractivity contribution in [3.05, 3.63) is 54.4 Å². The summed E-state index contributed by atoms with van der Waals surface area (Å²) in [7, 11) is 2.08. The van der Waals surface area contributed by atoms with Gasteiger partial charge in [0.15, 0.2) is 0 Å². The molecule has 0 bridgehead atoms. The quantitative estimate of drug-likeness (QED) is 0.798. The lowest BCUT2D eigenvalue weighted by Crippen LogP contribution is -2.43. The molecule has 1 aliphatic heterocycles. The van der Waals surface area contributed by atoms with Gasteiger partial charge in [0.1, 0.15) is 0 Å². The molecule has 0 radical (unpaired) electrons. The summed E-state index contributed by atoms with van der Waals surface area (Å²) in [6.07, 6.45) is 5.96. The highest BCUT2D eigenvalue weighted by molar-refractivity contribution is 5.14. The van der Waals surface area contributed by atoms with Crippen LogP contribution in [-0.4, -0.2) is 64.0 Å². The van der Waals surface area contributed by atoms with Crippen molar-refractivity contribution in [3.63, 3.8) is 0 Å². The van der Waals surface area contributed by atoms with Gasteiger partial charge in [-0.05, 0) is 50.5 Å². The number of likely N-dealkylation sites (N-methyl/N-ethyl adjacent to an activating group) is 1. The van der Waals surface area contributed by atoms with Gasteiger partial charge in [0.25, 0.3) is 0 Å². The molecule has 1 aromatic carbocycles. The molecule has 1 fully saturated rings. The Hall–Kier alpha value is -1.69. The van der Waals surface area contributed by atoms with Gasteiger partial charge in [-0.3, -0.25) is 9.58 Å². The standard InChI is InChI=1S/C20H30N4O/c1-22(14-18-6-3-2-4-7-18)16-20(25)17-23-12-8-19(9-13-23)15-24-11-5-10-21-24/h2-7,10-11,19-20,25H,8-9,12-17H2,1H3/t20-/m0/s1. The first-order valence-corrected chi connectivity index (χ1v) is 9.29. The fourth-order valence-corrected chi connectivity index (χ4v) is 3.70. The van der Waals surface area contributed by atoms with Crippen molar-refractivity contribution in [1.82, 2.24) is 19.6 Å². The van der Waals surface area contributed by atoms with Crippen molar-refractivity contribution in [2.75, 3.05) is 33.2 Å². The second-order valence-corrected chi connectivity index (χ2v) is 7.31. The Morgan fingerprint density at radius 2 is 1.96 bits per heavy atom. The predicted octanol–water partition coefficient (Wildman–Crippen LogP) is 2.09. The van der Waals surface area contributed by atoms with E-state index < -0.39 is 0 Å². The van der Waals surface area contributed by atoms with Crippen LogP contribution in [0.25, 0.3) is 0 Å². The monoisotopic (exact) mass is 342 g/mol. The SMILES string of the molecule is CN(Cc1ccccc1)C[C@H](O)CN1CCC(Cn2cccn2)CC1. The molecule has 5 nitrogen and oxygen atoms in total. The van der Waals surface area contributed by atoms with Gasteiger partial charge >= 0.3 is 0 Å². The van der Waals surface area contributed by atoms with Crippen molar-refractivity contribution < 1.29 is 5.11 Å². The van der Waals surface area contributed by atoms with Crippen LogP contribution in [0.1, 0.15) is 18.4 Å². The highest BCUT2D eigenvalue weighted by atomic mass is 16.3. The number of hydrogen-bond acceptors (Lipinski definition) is 4. The van der Waals surface area contributed by atoms with Gasteiger partial charge in [0.2, 0.25) is 0 Å². The molecule has 1 aliphatic rings. The van der Waals surface area contributed by atoms with E-state index in [0.717, 1.165) is 32.7 Å². The Kier molecular flexibility index (Phi) is 6.62. The minimum absolute atomic E-state index is 0.295. The average Bonchev–Trinajstić information content (AvgIpc) is 3.10. The van der Waals surface area contributed by atoms with Crippen LogP contribution in [0.5, 0.6) is 0 Å². The first-order valence-electron chi connectivity index (χ1n) is 9.29. The molecule has 1 atom stereocenters. The van der Waals surface area contributed by atoms with Crippen LogP contribution in [0.2, 0.25) is 0 Å². The van der Waals surface area contributed by atoms with E-state index in [4.69, 9.17) is 0 Å². The van der Waals surface area contributed by atoms with Gasteiger partial charge in [0.05, 0.1) is 6.10 Å². The number of piperidine rings is 1. The van der Waals surface area contributed by atoms with E-state index in [1.165, 1.54) is 18.4 Å². The summed E-state index contributed by atoms with van der Waals surface area (Å²) in [5, 5.41) is 14.7. The van der Waals surface area contributed by atoms with E-state index in [9.17, 15) is 5.11 Å². The zero-order chi connectivity index (χ0) is 17.5. The maximum atomic E-state index is 10.4. The fraction of sp³-hybridized carbons (Fsp3) is 0.550. The first kappa shape index (κ1) is 18.1. The molecule has 0 spiro atoms. The summed E-state index contributed by atoms with van der Waals surface area (Å²) in [6.45, 7) is 5.53. The molecular weight excluding hydrogens is 312 g/mol. The molecule has 0 saturated carbocycles. The van der Waals surface area contributed by atoms with E-state index in [-0.39, 0.29) is 6.10 Å². The summed E-state index contributed by atoms with van der Waals surface area (Å²) in [5.41, 5.74) is 1.29. The largest absolute Gasteiger partial charge is 0.390 e. The second-order valence-electron chi connectivity index (χ2n) is 7.31. The molecule has 25 heavy (non-hydrogen) atoms. The van der Waals surface area contributed by atoms with Gasteiger partial charge in [-0.15, -0.1) is 0 Å². The third-order valence-corrected chi connectivity index (χ3v) is 5.00. The Balaban J connectivity index is 1.35. The molecule has 1 N–H and O–H groups in total. The zero-order valence-electron chi connectivity index (χ0n) is 15.2. The van der Waals surface area contributed by atoms with Crippen LogP contribution in [0.15, 0.2) is 48.8 Å². The average molecular weight is 342 g/mol. The number of aliphatic hydroxyl groups excluding tert-OH is 1. The normalized spacial score (nSPS) is 17.9. The van der Waals surface area contributed by atoms with E-state index in [1.807, 2.05) is 29.2 Å². The van der Waals surface area contributed by atoms with Gasteiger partial charge in [0, 0.05) is 38.6 Å². The van der Waals surface area contributed by atoms with Crippen LogP contribution in [0.4, 0.5) is 0 Å². The first-order chi connectivity index (χ1) is 12.2. The highest BCUT2D eigenvalue weighted by Crippen LogP contribution is 2.19. The topological polar surface area (TPSA) is 44.5 Å². The number of aromatic nitrogens is 2. The maximum Gasteiger partial charge on any atom is 0.0793 e. The lowest BCUT2D eigenvalue weighted by molar-refractivity contribution is 0.0628. The summed E-state index contributed by atoms with van der Waals surface area (Å²) in [5.74, 6) is 0.703. The maximum absolute atomic E-state index is 10.4. The van der Waals surface area contributed by atoms with Gasteiger partial charge in [-0.1, -0.05) is 30.3 Å². The van der Waals surface area contributed by atoms with Gasteiger partial charge in [-0.25, -0.2) is 0 Å². The number of rotatable bonds is 8. The number of aliphatic hydroxyl groups is 1. The van der Waals surface area contributed by atoms with E-state index in [1.54, 1.807) is 0 Å². The molecule has 0 unspecified atom stereocenters. The van der Waals surface area contributed by atoms with Crippen LogP contribution >= 0.6 is 0 Å². The molecule has 136 valence electrons. The zero-order valence-corrected chi connectivity index (χ0v) is 15.2. The van der Waals surface area contributed by atoms with Gasteiger partial charge < -0.3 is 10.0 Å². The van der Waals surface area contributed by atoms with Crippen molar-refractivity contribution >= 4 is 0 Å². The molecule has 1 saturated heterocycles. The molecule has 1 aromatic heterocycles. The Labute approximate surface area is 150 Å². The highest BCUT2D eigenvalue weighted by Gasteiger charge is 2.21. The van der Waals surface area contributed by atoms with Gasteiger partial charge in [-0.2, -0.15) is 5.10 Å². The second kappa shape index (κ2) is 9.13. The van der Waals surface area contributed by atoms with Crippen LogP contribution in [-0.2, 0) is 13.1 Å². The summed E-state index contributed by atoms with van der Waals surface area (Å²) < 4.78 is 2.04. The van der Waals surface area contributed by atoms with E-state index >= 15 is 0 Å². The third-order valence-electron chi connectivity index (χ3n) is 5.00. The number of hydrogen-bond donors (Lipinski definition) is 1. The molecular formula is C20H30N4O. The van der Waals surface area contributed by atoms with Crippen molar-refractivity contribution in [3.8, 4) is 0 Å². The smallest absolute Gasteiger partial charge is 0.0793 e.